The highest BCUT2D eigenvalue weighted by atomic mass is 32.1. The molecule has 0 fully saturated rings. The highest BCUT2D eigenvalue weighted by molar-refractivity contribution is 7.15. The molecule has 2 atom stereocenters. The van der Waals surface area contributed by atoms with E-state index in [1.54, 1.807) is 32.0 Å². The van der Waals surface area contributed by atoms with Crippen molar-refractivity contribution in [3.8, 4) is 16.3 Å². The number of aromatic nitrogens is 1. The summed E-state index contributed by atoms with van der Waals surface area (Å²) in [6, 6.07) is 13.9. The monoisotopic (exact) mass is 482 g/mol. The summed E-state index contributed by atoms with van der Waals surface area (Å²) in [5.74, 6) is -0.877. The number of nitrogens with two attached hydrogens (primary N) is 1. The van der Waals surface area contributed by atoms with Gasteiger partial charge in [0, 0.05) is 22.4 Å². The van der Waals surface area contributed by atoms with E-state index < -0.39 is 18.1 Å². The molecule has 0 saturated heterocycles. The Bertz CT molecular complexity index is 1140. The van der Waals surface area contributed by atoms with Gasteiger partial charge in [0.1, 0.15) is 16.5 Å². The fourth-order valence-electron chi connectivity index (χ4n) is 3.61. The van der Waals surface area contributed by atoms with Crippen LogP contribution in [0.25, 0.3) is 10.6 Å². The number of aryl methyl sites for hydroxylation is 1. The van der Waals surface area contributed by atoms with Crippen LogP contribution in [0.2, 0.25) is 0 Å². The predicted molar refractivity (Wildman–Crippen MR) is 133 cm³/mol. The number of thiazole rings is 1. The Morgan fingerprint density at radius 3 is 2.47 bits per heavy atom. The van der Waals surface area contributed by atoms with E-state index >= 15 is 0 Å². The number of hydrogen-bond acceptors (Lipinski definition) is 7. The van der Waals surface area contributed by atoms with E-state index in [0.717, 1.165) is 15.4 Å². The van der Waals surface area contributed by atoms with Gasteiger partial charge in [-0.05, 0) is 45.4 Å². The Balaban J connectivity index is 1.92. The Labute approximate surface area is 203 Å². The first kappa shape index (κ1) is 25.6. The van der Waals surface area contributed by atoms with Gasteiger partial charge < -0.3 is 20.3 Å². The number of Topliss-reactive ketones (excluding diaryl/α,β-unsaturated/α-hetero) is 1. The van der Waals surface area contributed by atoms with Gasteiger partial charge in [0.15, 0.2) is 6.10 Å². The second kappa shape index (κ2) is 11.4. The summed E-state index contributed by atoms with van der Waals surface area (Å²) in [7, 11) is 0. The van der Waals surface area contributed by atoms with Crippen LogP contribution in [0.1, 0.15) is 53.3 Å². The minimum absolute atomic E-state index is 0.141. The second-order valence-electron chi connectivity index (χ2n) is 8.15. The minimum Gasteiger partial charge on any atom is -0.494 e. The Morgan fingerprint density at radius 2 is 1.85 bits per heavy atom. The van der Waals surface area contributed by atoms with Gasteiger partial charge in [-0.25, -0.2) is 9.78 Å². The first-order valence-corrected chi connectivity index (χ1v) is 12.0. The van der Waals surface area contributed by atoms with Crippen LogP contribution in [0.5, 0.6) is 5.75 Å². The van der Waals surface area contributed by atoms with Gasteiger partial charge in [-0.3, -0.25) is 4.79 Å². The molecule has 0 amide bonds. The van der Waals surface area contributed by atoms with E-state index in [-0.39, 0.29) is 18.3 Å². The van der Waals surface area contributed by atoms with Crippen LogP contribution in [0.4, 0.5) is 0 Å². The number of carbonyl (C=O) groups is 2. The van der Waals surface area contributed by atoms with Crippen molar-refractivity contribution in [1.29, 1.82) is 0 Å². The number of carboxylic acids is 1. The van der Waals surface area contributed by atoms with Crippen molar-refractivity contribution < 1.29 is 24.2 Å². The van der Waals surface area contributed by atoms with Crippen molar-refractivity contribution in [2.24, 2.45) is 5.73 Å². The average Bonchev–Trinajstić information content (AvgIpc) is 3.20. The van der Waals surface area contributed by atoms with Crippen molar-refractivity contribution in [3.05, 3.63) is 70.2 Å². The number of rotatable bonds is 11. The SMILES string of the molecule is CCOc1ccc(CC(OC(C)C)C(=O)O)cc1C(N)C(=O)c1nc(-c2ccccc2)sc1C. The van der Waals surface area contributed by atoms with Crippen LogP contribution < -0.4 is 10.5 Å². The summed E-state index contributed by atoms with van der Waals surface area (Å²) in [4.78, 5) is 30.4. The molecular formula is C26H30N2O5S. The standard InChI is InChI=1S/C26H30N2O5S/c1-5-32-20-12-11-17(14-21(26(30)31)33-15(2)3)13-19(20)22(27)24(29)23-16(4)34-25(28-23)18-9-7-6-8-10-18/h6-13,15,21-22H,5,14,27H2,1-4H3,(H,30,31). The largest absolute Gasteiger partial charge is 0.494 e. The lowest BCUT2D eigenvalue weighted by Gasteiger charge is -2.19. The second-order valence-corrected chi connectivity index (χ2v) is 9.36. The van der Waals surface area contributed by atoms with E-state index in [4.69, 9.17) is 15.2 Å². The van der Waals surface area contributed by atoms with E-state index in [1.807, 2.05) is 44.2 Å². The van der Waals surface area contributed by atoms with Crippen LogP contribution in [-0.2, 0) is 16.0 Å². The first-order chi connectivity index (χ1) is 16.2. The summed E-state index contributed by atoms with van der Waals surface area (Å²) in [6.07, 6.45) is -1.10. The van der Waals surface area contributed by atoms with E-state index in [2.05, 4.69) is 4.98 Å². The smallest absolute Gasteiger partial charge is 0.333 e. The lowest BCUT2D eigenvalue weighted by Crippen LogP contribution is -2.29. The summed E-state index contributed by atoms with van der Waals surface area (Å²) in [6.45, 7) is 7.67. The summed E-state index contributed by atoms with van der Waals surface area (Å²) < 4.78 is 11.3. The number of aliphatic carboxylic acids is 1. The third-order valence-electron chi connectivity index (χ3n) is 5.18. The van der Waals surface area contributed by atoms with Crippen LogP contribution in [0.15, 0.2) is 48.5 Å². The van der Waals surface area contributed by atoms with E-state index in [1.165, 1.54) is 11.3 Å². The van der Waals surface area contributed by atoms with Crippen LogP contribution in [0.3, 0.4) is 0 Å². The van der Waals surface area contributed by atoms with Gasteiger partial charge >= 0.3 is 5.97 Å². The molecule has 0 aliphatic rings. The minimum atomic E-state index is -1.05. The number of nitrogens with zero attached hydrogens (tertiary/aromatic N) is 1. The zero-order chi connectivity index (χ0) is 24.8. The van der Waals surface area contributed by atoms with E-state index in [0.29, 0.717) is 29.2 Å². The van der Waals surface area contributed by atoms with Gasteiger partial charge in [0.25, 0.3) is 0 Å². The quantitative estimate of drug-likeness (QED) is 0.377. The number of carboxylic acid groups (broad SMARTS) is 1. The highest BCUT2D eigenvalue weighted by Gasteiger charge is 2.27. The number of carbonyl (C=O) groups excluding carboxylic acids is 1. The molecule has 3 aromatic rings. The van der Waals surface area contributed by atoms with Gasteiger partial charge in [-0.1, -0.05) is 36.4 Å². The molecule has 180 valence electrons. The zero-order valence-electron chi connectivity index (χ0n) is 19.8. The van der Waals surface area contributed by atoms with Crippen molar-refractivity contribution in [2.75, 3.05) is 6.61 Å². The number of hydrogen-bond donors (Lipinski definition) is 2. The van der Waals surface area contributed by atoms with Gasteiger partial charge in [0.05, 0.1) is 18.8 Å². The molecule has 2 unspecified atom stereocenters. The zero-order valence-corrected chi connectivity index (χ0v) is 20.6. The highest BCUT2D eigenvalue weighted by Crippen LogP contribution is 2.32. The Kier molecular flexibility index (Phi) is 8.55. The van der Waals surface area contributed by atoms with Crippen LogP contribution in [0, 0.1) is 6.92 Å². The molecule has 7 nitrogen and oxygen atoms in total. The normalized spacial score (nSPS) is 13.0. The molecule has 3 rings (SSSR count). The van der Waals surface area contributed by atoms with Gasteiger partial charge in [-0.2, -0.15) is 0 Å². The van der Waals surface area contributed by atoms with E-state index in [9.17, 15) is 14.7 Å². The molecule has 0 aliphatic carbocycles. The lowest BCUT2D eigenvalue weighted by atomic mass is 9.96. The molecule has 8 heteroatoms. The molecule has 1 heterocycles. The molecular weight excluding hydrogens is 452 g/mol. The topological polar surface area (TPSA) is 112 Å². The number of benzene rings is 2. The molecule has 2 aromatic carbocycles. The molecule has 0 radical (unpaired) electrons. The molecule has 0 saturated carbocycles. The Morgan fingerprint density at radius 1 is 1.15 bits per heavy atom. The van der Waals surface area contributed by atoms with Gasteiger partial charge in [0.2, 0.25) is 5.78 Å². The third kappa shape index (κ3) is 6.08. The molecule has 3 N–H and O–H groups in total. The van der Waals surface area contributed by atoms with Crippen LogP contribution >= 0.6 is 11.3 Å². The summed E-state index contributed by atoms with van der Waals surface area (Å²) in [5, 5.41) is 10.3. The molecule has 34 heavy (non-hydrogen) atoms. The average molecular weight is 483 g/mol. The Hall–Kier alpha value is -3.07. The number of ether oxygens (including phenoxy) is 2. The van der Waals surface area contributed by atoms with Crippen molar-refractivity contribution >= 4 is 23.1 Å². The maximum atomic E-state index is 13.4. The predicted octanol–water partition coefficient (Wildman–Crippen LogP) is 4.82. The third-order valence-corrected chi connectivity index (χ3v) is 6.20. The van der Waals surface area contributed by atoms with Crippen molar-refractivity contribution in [2.45, 2.75) is 52.4 Å². The van der Waals surface area contributed by atoms with Crippen LogP contribution in [-0.4, -0.2) is 40.7 Å². The van der Waals surface area contributed by atoms with Crippen molar-refractivity contribution in [3.63, 3.8) is 0 Å². The molecule has 0 spiro atoms. The fraction of sp³-hybridized carbons (Fsp3) is 0.346. The summed E-state index contributed by atoms with van der Waals surface area (Å²) >= 11 is 1.44. The molecule has 0 aliphatic heterocycles. The maximum Gasteiger partial charge on any atom is 0.333 e. The molecule has 0 bridgehead atoms. The number of ketones is 1. The lowest BCUT2D eigenvalue weighted by molar-refractivity contribution is -0.153. The fourth-order valence-corrected chi connectivity index (χ4v) is 4.53. The van der Waals surface area contributed by atoms with Gasteiger partial charge in [-0.15, -0.1) is 11.3 Å². The first-order valence-electron chi connectivity index (χ1n) is 11.2. The maximum absolute atomic E-state index is 13.4. The van der Waals surface area contributed by atoms with Crippen molar-refractivity contribution in [1.82, 2.24) is 4.98 Å². The molecule has 1 aromatic heterocycles. The summed E-state index contributed by atoms with van der Waals surface area (Å²) in [5.41, 5.74) is 8.89.